The number of carbonyl (C=O) groups is 1. The Balaban J connectivity index is 1.71. The minimum absolute atomic E-state index is 0.0387. The SMILES string of the molecule is CC(C)(C)C1CCc2c(sc(/N=C/c3cccc([N+](=O)[O-])c3)c2C(=O)Nc2cccc(C(F)(F)F)c2)C1. The highest BCUT2D eigenvalue weighted by Gasteiger charge is 2.34. The molecule has 37 heavy (non-hydrogen) atoms. The number of aliphatic imine (C=N–C) groups is 1. The van der Waals surface area contributed by atoms with Crippen LogP contribution in [-0.4, -0.2) is 17.0 Å². The Morgan fingerprint density at radius 2 is 1.89 bits per heavy atom. The summed E-state index contributed by atoms with van der Waals surface area (Å²) in [5, 5.41) is 14.2. The smallest absolute Gasteiger partial charge is 0.322 e. The lowest BCUT2D eigenvalue weighted by atomic mass is 9.72. The highest BCUT2D eigenvalue weighted by molar-refractivity contribution is 7.16. The molecule has 0 aliphatic heterocycles. The van der Waals surface area contributed by atoms with Crippen molar-refractivity contribution in [1.82, 2.24) is 0 Å². The van der Waals surface area contributed by atoms with Crippen molar-refractivity contribution in [3.05, 3.63) is 85.8 Å². The molecule has 3 aromatic rings. The van der Waals surface area contributed by atoms with Gasteiger partial charge in [0.1, 0.15) is 5.00 Å². The second-order valence-electron chi connectivity index (χ2n) is 10.1. The number of alkyl halides is 3. The minimum Gasteiger partial charge on any atom is -0.322 e. The van der Waals surface area contributed by atoms with E-state index in [1.165, 1.54) is 41.8 Å². The van der Waals surface area contributed by atoms with Gasteiger partial charge in [0.2, 0.25) is 0 Å². The molecule has 1 amide bonds. The second-order valence-corrected chi connectivity index (χ2v) is 11.2. The number of nitro groups is 1. The van der Waals surface area contributed by atoms with E-state index in [9.17, 15) is 28.1 Å². The molecule has 0 fully saturated rings. The Kier molecular flexibility index (Phi) is 7.23. The Bertz CT molecular complexity index is 1370. The van der Waals surface area contributed by atoms with Gasteiger partial charge in [-0.2, -0.15) is 13.2 Å². The molecule has 2 aromatic carbocycles. The highest BCUT2D eigenvalue weighted by atomic mass is 32.1. The van der Waals surface area contributed by atoms with E-state index in [1.54, 1.807) is 12.1 Å². The summed E-state index contributed by atoms with van der Waals surface area (Å²) >= 11 is 1.39. The number of hydrogen-bond acceptors (Lipinski definition) is 5. The number of amides is 1. The molecule has 0 saturated carbocycles. The van der Waals surface area contributed by atoms with Crippen LogP contribution in [0.5, 0.6) is 0 Å². The van der Waals surface area contributed by atoms with Gasteiger partial charge in [0, 0.05) is 28.9 Å². The molecule has 10 heteroatoms. The van der Waals surface area contributed by atoms with Crippen molar-refractivity contribution < 1.29 is 22.9 Å². The van der Waals surface area contributed by atoms with Crippen LogP contribution >= 0.6 is 11.3 Å². The maximum atomic E-state index is 13.4. The number of nitrogens with zero attached hydrogens (tertiary/aromatic N) is 2. The van der Waals surface area contributed by atoms with Crippen molar-refractivity contribution in [3.8, 4) is 0 Å². The Labute approximate surface area is 216 Å². The number of nitrogens with one attached hydrogen (secondary N) is 1. The molecule has 0 bridgehead atoms. The largest absolute Gasteiger partial charge is 0.416 e. The molecular weight excluding hydrogens is 503 g/mol. The Hall–Kier alpha value is -3.53. The third-order valence-electron chi connectivity index (χ3n) is 6.56. The summed E-state index contributed by atoms with van der Waals surface area (Å²) in [6.07, 6.45) is -0.749. The molecule has 1 aliphatic carbocycles. The van der Waals surface area contributed by atoms with Gasteiger partial charge in [0.05, 0.1) is 16.1 Å². The quantitative estimate of drug-likeness (QED) is 0.208. The molecule has 0 spiro atoms. The van der Waals surface area contributed by atoms with Crippen LogP contribution in [0.2, 0.25) is 0 Å². The molecule has 0 radical (unpaired) electrons. The van der Waals surface area contributed by atoms with E-state index in [4.69, 9.17) is 0 Å². The first-order chi connectivity index (χ1) is 17.3. The number of rotatable bonds is 5. The first kappa shape index (κ1) is 26.5. The van der Waals surface area contributed by atoms with Gasteiger partial charge < -0.3 is 5.32 Å². The van der Waals surface area contributed by atoms with Gasteiger partial charge in [0.15, 0.2) is 0 Å². The summed E-state index contributed by atoms with van der Waals surface area (Å²) in [5.74, 6) is -0.121. The average molecular weight is 530 g/mol. The summed E-state index contributed by atoms with van der Waals surface area (Å²) in [6.45, 7) is 6.54. The Morgan fingerprint density at radius 1 is 1.16 bits per heavy atom. The van der Waals surface area contributed by atoms with E-state index in [0.29, 0.717) is 28.5 Å². The van der Waals surface area contributed by atoms with Gasteiger partial charge in [0.25, 0.3) is 11.6 Å². The fourth-order valence-electron chi connectivity index (χ4n) is 4.45. The van der Waals surface area contributed by atoms with E-state index in [-0.39, 0.29) is 16.8 Å². The van der Waals surface area contributed by atoms with Crippen LogP contribution < -0.4 is 5.32 Å². The van der Waals surface area contributed by atoms with Crippen molar-refractivity contribution in [3.63, 3.8) is 0 Å². The van der Waals surface area contributed by atoms with Gasteiger partial charge in [-0.25, -0.2) is 4.99 Å². The number of halogens is 3. The van der Waals surface area contributed by atoms with Gasteiger partial charge in [-0.15, -0.1) is 11.3 Å². The van der Waals surface area contributed by atoms with Gasteiger partial charge >= 0.3 is 6.18 Å². The first-order valence-electron chi connectivity index (χ1n) is 11.7. The number of anilines is 1. The van der Waals surface area contributed by atoms with E-state index in [1.807, 2.05) is 0 Å². The summed E-state index contributed by atoms with van der Waals surface area (Å²) in [6, 6.07) is 10.5. The van der Waals surface area contributed by atoms with Crippen molar-refractivity contribution in [1.29, 1.82) is 0 Å². The van der Waals surface area contributed by atoms with E-state index in [0.717, 1.165) is 35.4 Å². The number of fused-ring (bicyclic) bond motifs is 1. The maximum Gasteiger partial charge on any atom is 0.416 e. The molecule has 1 N–H and O–H groups in total. The van der Waals surface area contributed by atoms with E-state index in [2.05, 4.69) is 31.1 Å². The standard InChI is InChI=1S/C27H26F3N3O3S/c1-26(2,3)17-10-11-21-22(14-17)37-25(31-15-16-6-4-9-20(12-16)33(35)36)23(21)24(34)32-19-8-5-7-18(13-19)27(28,29)30/h4-9,12-13,15,17H,10-11,14H2,1-3H3,(H,32,34)/b31-15+. The van der Waals surface area contributed by atoms with E-state index < -0.39 is 22.6 Å². The monoisotopic (exact) mass is 529 g/mol. The normalized spacial score (nSPS) is 16.0. The topological polar surface area (TPSA) is 84.6 Å². The number of thiophene rings is 1. The van der Waals surface area contributed by atoms with Gasteiger partial charge in [-0.3, -0.25) is 14.9 Å². The van der Waals surface area contributed by atoms with Crippen LogP contribution in [0.4, 0.5) is 29.5 Å². The Morgan fingerprint density at radius 3 is 2.57 bits per heavy atom. The van der Waals surface area contributed by atoms with Crippen molar-refractivity contribution in [2.75, 3.05) is 5.32 Å². The molecule has 4 rings (SSSR count). The third-order valence-corrected chi connectivity index (χ3v) is 7.72. The molecular formula is C27H26F3N3O3S. The lowest BCUT2D eigenvalue weighted by Crippen LogP contribution is -2.27. The predicted molar refractivity (Wildman–Crippen MR) is 139 cm³/mol. The highest BCUT2D eigenvalue weighted by Crippen LogP contribution is 2.45. The van der Waals surface area contributed by atoms with Crippen LogP contribution in [0, 0.1) is 21.4 Å². The number of nitro benzene ring substituents is 1. The minimum atomic E-state index is -4.53. The molecule has 0 saturated heterocycles. The fraction of sp³-hybridized carbons (Fsp3) is 0.333. The second kappa shape index (κ2) is 10.1. The number of benzene rings is 2. The summed E-state index contributed by atoms with van der Waals surface area (Å²) < 4.78 is 39.5. The fourth-order valence-corrected chi connectivity index (χ4v) is 5.72. The lowest BCUT2D eigenvalue weighted by molar-refractivity contribution is -0.384. The van der Waals surface area contributed by atoms with Crippen molar-refractivity contribution in [2.45, 2.75) is 46.2 Å². The molecule has 1 unspecified atom stereocenters. The van der Waals surface area contributed by atoms with Crippen molar-refractivity contribution >= 4 is 39.8 Å². The van der Waals surface area contributed by atoms with Crippen LogP contribution in [0.25, 0.3) is 0 Å². The van der Waals surface area contributed by atoms with Crippen LogP contribution in [0.15, 0.2) is 53.5 Å². The molecule has 194 valence electrons. The summed E-state index contributed by atoms with van der Waals surface area (Å²) in [7, 11) is 0. The average Bonchev–Trinajstić information content (AvgIpc) is 3.20. The number of hydrogen-bond donors (Lipinski definition) is 1. The maximum absolute atomic E-state index is 13.4. The molecule has 1 heterocycles. The van der Waals surface area contributed by atoms with Gasteiger partial charge in [-0.05, 0) is 59.9 Å². The number of non-ortho nitro benzene ring substituents is 1. The molecule has 1 atom stereocenters. The van der Waals surface area contributed by atoms with Crippen LogP contribution in [0.3, 0.4) is 0 Å². The summed E-state index contributed by atoms with van der Waals surface area (Å²) in [5.41, 5.74) is 0.885. The summed E-state index contributed by atoms with van der Waals surface area (Å²) in [4.78, 5) is 29.6. The molecule has 1 aromatic heterocycles. The zero-order valence-electron chi connectivity index (χ0n) is 20.6. The zero-order valence-corrected chi connectivity index (χ0v) is 21.4. The van der Waals surface area contributed by atoms with Gasteiger partial charge in [-0.1, -0.05) is 39.0 Å². The molecule has 6 nitrogen and oxygen atoms in total. The van der Waals surface area contributed by atoms with Crippen molar-refractivity contribution in [2.24, 2.45) is 16.3 Å². The van der Waals surface area contributed by atoms with Crippen LogP contribution in [0.1, 0.15) is 59.1 Å². The lowest BCUT2D eigenvalue weighted by Gasteiger charge is -2.33. The third kappa shape index (κ3) is 6.07. The molecule has 1 aliphatic rings. The van der Waals surface area contributed by atoms with Crippen LogP contribution in [-0.2, 0) is 19.0 Å². The van der Waals surface area contributed by atoms with E-state index >= 15 is 0 Å². The predicted octanol–water partition coefficient (Wildman–Crippen LogP) is 7.83. The zero-order chi connectivity index (χ0) is 27.0. The number of carbonyl (C=O) groups excluding carboxylic acids is 1. The first-order valence-corrected chi connectivity index (χ1v) is 12.6.